The minimum atomic E-state index is 0.173. The highest BCUT2D eigenvalue weighted by molar-refractivity contribution is 6.09. The molecule has 0 saturated heterocycles. The Hall–Kier alpha value is -1.76. The minimum Gasteiger partial charge on any atom is -0.354 e. The molecule has 0 aliphatic carbocycles. The van der Waals surface area contributed by atoms with E-state index in [1.54, 1.807) is 0 Å². The maximum atomic E-state index is 3.64. The normalized spacial score (nSPS) is 13.2. The van der Waals surface area contributed by atoms with Crippen molar-refractivity contribution in [1.29, 1.82) is 0 Å². The summed E-state index contributed by atoms with van der Waals surface area (Å²) in [6, 6.07) is 11.5. The SMILES string of the molecule is Cc1cc(C(C)(C)C)cc2[nH]c3cc(C(C)(C)C)ccc3c12. The average molecular weight is 293 g/mol. The molecule has 0 unspecified atom stereocenters. The van der Waals surface area contributed by atoms with Gasteiger partial charge in [-0.05, 0) is 46.6 Å². The molecule has 0 amide bonds. The van der Waals surface area contributed by atoms with E-state index >= 15 is 0 Å². The summed E-state index contributed by atoms with van der Waals surface area (Å²) in [6.07, 6.45) is 0. The molecule has 1 heteroatoms. The van der Waals surface area contributed by atoms with Crippen LogP contribution in [0, 0.1) is 6.92 Å². The van der Waals surface area contributed by atoms with Crippen LogP contribution >= 0.6 is 0 Å². The molecule has 0 atom stereocenters. The second-order valence-corrected chi connectivity index (χ2v) is 8.60. The van der Waals surface area contributed by atoms with E-state index in [0.717, 1.165) is 0 Å². The Balaban J connectivity index is 2.32. The molecule has 116 valence electrons. The third-order valence-electron chi connectivity index (χ3n) is 4.63. The molecule has 0 aliphatic heterocycles. The van der Waals surface area contributed by atoms with Crippen LogP contribution in [0.25, 0.3) is 21.8 Å². The van der Waals surface area contributed by atoms with Crippen molar-refractivity contribution in [2.45, 2.75) is 59.3 Å². The van der Waals surface area contributed by atoms with Crippen molar-refractivity contribution < 1.29 is 0 Å². The molecule has 0 fully saturated rings. The molecule has 1 nitrogen and oxygen atoms in total. The molecule has 1 heterocycles. The molecular formula is C21H27N. The van der Waals surface area contributed by atoms with Gasteiger partial charge in [-0.25, -0.2) is 0 Å². The van der Waals surface area contributed by atoms with E-state index in [-0.39, 0.29) is 10.8 Å². The minimum absolute atomic E-state index is 0.173. The maximum Gasteiger partial charge on any atom is 0.0470 e. The zero-order chi connectivity index (χ0) is 16.3. The zero-order valence-electron chi connectivity index (χ0n) is 14.9. The van der Waals surface area contributed by atoms with Crippen LogP contribution in [0.1, 0.15) is 58.2 Å². The fourth-order valence-electron chi connectivity index (χ4n) is 3.15. The summed E-state index contributed by atoms with van der Waals surface area (Å²) in [5.41, 5.74) is 6.98. The van der Waals surface area contributed by atoms with Gasteiger partial charge in [0.2, 0.25) is 0 Å². The summed E-state index contributed by atoms with van der Waals surface area (Å²) >= 11 is 0. The number of hydrogen-bond donors (Lipinski definition) is 1. The summed E-state index contributed by atoms with van der Waals surface area (Å²) in [5, 5.41) is 2.70. The number of H-pyrrole nitrogens is 1. The molecule has 0 aliphatic rings. The van der Waals surface area contributed by atoms with Crippen LogP contribution in [0.5, 0.6) is 0 Å². The standard InChI is InChI=1S/C21H27N/c1-13-10-15(21(5,6)7)12-18-19(13)16-9-8-14(20(2,3)4)11-17(16)22-18/h8-12,22H,1-7H3. The van der Waals surface area contributed by atoms with Gasteiger partial charge in [0.05, 0.1) is 0 Å². The van der Waals surface area contributed by atoms with Crippen LogP contribution in [0.2, 0.25) is 0 Å². The molecule has 0 saturated carbocycles. The monoisotopic (exact) mass is 293 g/mol. The Morgan fingerprint density at radius 1 is 0.727 bits per heavy atom. The lowest BCUT2D eigenvalue weighted by molar-refractivity contribution is 0.590. The van der Waals surface area contributed by atoms with Gasteiger partial charge in [-0.2, -0.15) is 0 Å². The first kappa shape index (κ1) is 15.1. The van der Waals surface area contributed by atoms with Gasteiger partial charge in [0.15, 0.2) is 0 Å². The zero-order valence-corrected chi connectivity index (χ0v) is 14.9. The highest BCUT2D eigenvalue weighted by Crippen LogP contribution is 2.35. The smallest absolute Gasteiger partial charge is 0.0470 e. The Morgan fingerprint density at radius 2 is 1.32 bits per heavy atom. The fourth-order valence-corrected chi connectivity index (χ4v) is 3.15. The van der Waals surface area contributed by atoms with Crippen LogP contribution in [-0.4, -0.2) is 4.98 Å². The first-order chi connectivity index (χ1) is 10.1. The molecule has 1 aromatic heterocycles. The number of aromatic nitrogens is 1. The lowest BCUT2D eigenvalue weighted by Gasteiger charge is -2.20. The molecule has 0 radical (unpaired) electrons. The highest BCUT2D eigenvalue weighted by atomic mass is 14.7. The topological polar surface area (TPSA) is 15.8 Å². The third kappa shape index (κ3) is 2.43. The number of fused-ring (bicyclic) bond motifs is 3. The molecule has 1 N–H and O–H groups in total. The Bertz CT molecular complexity index is 851. The highest BCUT2D eigenvalue weighted by Gasteiger charge is 2.18. The van der Waals surface area contributed by atoms with Crippen molar-refractivity contribution in [2.75, 3.05) is 0 Å². The second-order valence-electron chi connectivity index (χ2n) is 8.60. The van der Waals surface area contributed by atoms with Crippen molar-refractivity contribution in [2.24, 2.45) is 0 Å². The summed E-state index contributed by atoms with van der Waals surface area (Å²) < 4.78 is 0. The van der Waals surface area contributed by atoms with Crippen molar-refractivity contribution in [3.63, 3.8) is 0 Å². The first-order valence-electron chi connectivity index (χ1n) is 8.14. The van der Waals surface area contributed by atoms with Gasteiger partial charge in [0.25, 0.3) is 0 Å². The fraction of sp³-hybridized carbons (Fsp3) is 0.429. The van der Waals surface area contributed by atoms with Gasteiger partial charge in [-0.15, -0.1) is 0 Å². The van der Waals surface area contributed by atoms with E-state index in [1.807, 2.05) is 0 Å². The average Bonchev–Trinajstić information content (AvgIpc) is 2.74. The summed E-state index contributed by atoms with van der Waals surface area (Å²) in [7, 11) is 0. The van der Waals surface area contributed by atoms with E-state index in [1.165, 1.54) is 38.5 Å². The van der Waals surface area contributed by atoms with E-state index in [0.29, 0.717) is 0 Å². The van der Waals surface area contributed by atoms with Gasteiger partial charge in [-0.3, -0.25) is 0 Å². The number of hydrogen-bond acceptors (Lipinski definition) is 0. The molecule has 3 rings (SSSR count). The van der Waals surface area contributed by atoms with Crippen molar-refractivity contribution in [3.05, 3.63) is 47.0 Å². The molecule has 22 heavy (non-hydrogen) atoms. The number of aryl methyl sites for hydroxylation is 1. The molecule has 0 spiro atoms. The largest absolute Gasteiger partial charge is 0.354 e. The Kier molecular flexibility index (Phi) is 3.18. The van der Waals surface area contributed by atoms with Crippen LogP contribution in [0.4, 0.5) is 0 Å². The quantitative estimate of drug-likeness (QED) is 0.506. The number of rotatable bonds is 0. The lowest BCUT2D eigenvalue weighted by Crippen LogP contribution is -2.11. The van der Waals surface area contributed by atoms with Gasteiger partial charge >= 0.3 is 0 Å². The van der Waals surface area contributed by atoms with E-state index in [4.69, 9.17) is 0 Å². The second kappa shape index (κ2) is 4.62. The first-order valence-corrected chi connectivity index (χ1v) is 8.14. The number of nitrogens with one attached hydrogen (secondary N) is 1. The van der Waals surface area contributed by atoms with E-state index < -0.39 is 0 Å². The summed E-state index contributed by atoms with van der Waals surface area (Å²) in [6.45, 7) is 15.8. The van der Waals surface area contributed by atoms with Crippen LogP contribution in [-0.2, 0) is 10.8 Å². The Labute approximate surface area is 133 Å². The van der Waals surface area contributed by atoms with Crippen molar-refractivity contribution in [3.8, 4) is 0 Å². The predicted molar refractivity (Wildman–Crippen MR) is 97.9 cm³/mol. The predicted octanol–water partition coefficient (Wildman–Crippen LogP) is 6.22. The summed E-state index contributed by atoms with van der Waals surface area (Å²) in [4.78, 5) is 3.64. The van der Waals surface area contributed by atoms with Gasteiger partial charge in [0, 0.05) is 21.8 Å². The van der Waals surface area contributed by atoms with Crippen LogP contribution < -0.4 is 0 Å². The lowest BCUT2D eigenvalue weighted by atomic mass is 9.85. The molecular weight excluding hydrogens is 266 g/mol. The number of benzene rings is 2. The van der Waals surface area contributed by atoms with Gasteiger partial charge < -0.3 is 4.98 Å². The van der Waals surface area contributed by atoms with Crippen LogP contribution in [0.3, 0.4) is 0 Å². The van der Waals surface area contributed by atoms with Gasteiger partial charge in [0.1, 0.15) is 0 Å². The number of aromatic amines is 1. The summed E-state index contributed by atoms with van der Waals surface area (Å²) in [5.74, 6) is 0. The third-order valence-corrected chi connectivity index (χ3v) is 4.63. The van der Waals surface area contributed by atoms with Crippen molar-refractivity contribution in [1.82, 2.24) is 4.98 Å². The van der Waals surface area contributed by atoms with E-state index in [2.05, 4.69) is 83.8 Å². The Morgan fingerprint density at radius 3 is 1.91 bits per heavy atom. The van der Waals surface area contributed by atoms with Crippen LogP contribution in [0.15, 0.2) is 30.3 Å². The molecule has 3 aromatic rings. The molecule has 0 bridgehead atoms. The van der Waals surface area contributed by atoms with E-state index in [9.17, 15) is 0 Å². The van der Waals surface area contributed by atoms with Gasteiger partial charge in [-0.1, -0.05) is 59.7 Å². The maximum absolute atomic E-state index is 3.64. The van der Waals surface area contributed by atoms with Crippen molar-refractivity contribution >= 4 is 21.8 Å². The molecule has 2 aromatic carbocycles.